The highest BCUT2D eigenvalue weighted by Crippen LogP contribution is 2.18. The Morgan fingerprint density at radius 1 is 1.39 bits per heavy atom. The Kier molecular flexibility index (Phi) is 4.21. The van der Waals surface area contributed by atoms with E-state index in [1.807, 2.05) is 10.8 Å². The molecular formula is C16H19N3O3S. The summed E-state index contributed by atoms with van der Waals surface area (Å²) in [6, 6.07) is 6.34. The minimum absolute atomic E-state index is 0.0263. The summed E-state index contributed by atoms with van der Waals surface area (Å²) in [6.07, 6.45) is 5.24. The van der Waals surface area contributed by atoms with E-state index < -0.39 is 9.84 Å². The van der Waals surface area contributed by atoms with E-state index in [0.717, 1.165) is 18.7 Å². The standard InChI is InChI=1S/C16H19N3O3S/c1-2-23(21,22)14-6-4-3-5-13(14)16(20)18-12-7-8-15-17-9-10-19(15)11-12/h3-6,9-10,12H,2,7-8,11H2,1H3,(H,18,20)/t12-/m0/s1. The number of amides is 1. The Hall–Kier alpha value is -2.15. The van der Waals surface area contributed by atoms with Crippen LogP contribution in [0.1, 0.15) is 29.5 Å². The van der Waals surface area contributed by atoms with E-state index in [-0.39, 0.29) is 28.2 Å². The van der Waals surface area contributed by atoms with Crippen molar-refractivity contribution >= 4 is 15.7 Å². The molecule has 1 amide bonds. The van der Waals surface area contributed by atoms with Crippen molar-refractivity contribution in [3.8, 4) is 0 Å². The second-order valence-corrected chi connectivity index (χ2v) is 7.85. The molecule has 1 aromatic heterocycles. The monoisotopic (exact) mass is 333 g/mol. The van der Waals surface area contributed by atoms with Crippen molar-refractivity contribution in [2.45, 2.75) is 37.2 Å². The lowest BCUT2D eigenvalue weighted by atomic mass is 10.1. The minimum atomic E-state index is -3.43. The molecule has 0 unspecified atom stereocenters. The first-order valence-electron chi connectivity index (χ1n) is 7.64. The summed E-state index contributed by atoms with van der Waals surface area (Å²) in [6.45, 7) is 2.23. The van der Waals surface area contributed by atoms with Crippen molar-refractivity contribution in [1.82, 2.24) is 14.9 Å². The average Bonchev–Trinajstić information content (AvgIpc) is 3.02. The maximum Gasteiger partial charge on any atom is 0.252 e. The van der Waals surface area contributed by atoms with Crippen LogP contribution < -0.4 is 5.32 Å². The van der Waals surface area contributed by atoms with E-state index >= 15 is 0 Å². The third-order valence-electron chi connectivity index (χ3n) is 4.12. The van der Waals surface area contributed by atoms with Crippen molar-refractivity contribution in [2.75, 3.05) is 5.75 Å². The molecule has 0 saturated heterocycles. The number of hydrogen-bond donors (Lipinski definition) is 1. The molecule has 1 atom stereocenters. The van der Waals surface area contributed by atoms with Crippen LogP contribution in [-0.2, 0) is 22.8 Å². The lowest BCUT2D eigenvalue weighted by molar-refractivity contribution is 0.0924. The summed E-state index contributed by atoms with van der Waals surface area (Å²) >= 11 is 0. The zero-order chi connectivity index (χ0) is 16.4. The highest BCUT2D eigenvalue weighted by molar-refractivity contribution is 7.91. The zero-order valence-corrected chi connectivity index (χ0v) is 13.7. The molecule has 1 aliphatic heterocycles. The van der Waals surface area contributed by atoms with Crippen molar-refractivity contribution in [2.24, 2.45) is 0 Å². The van der Waals surface area contributed by atoms with Gasteiger partial charge in [0.2, 0.25) is 0 Å². The van der Waals surface area contributed by atoms with E-state index in [1.165, 1.54) is 6.07 Å². The molecule has 0 spiro atoms. The van der Waals surface area contributed by atoms with Crippen LogP contribution in [0.4, 0.5) is 0 Å². The van der Waals surface area contributed by atoms with Gasteiger partial charge in [0.1, 0.15) is 5.82 Å². The molecule has 1 N–H and O–H groups in total. The maximum atomic E-state index is 12.5. The topological polar surface area (TPSA) is 81.1 Å². The van der Waals surface area contributed by atoms with Gasteiger partial charge in [-0.2, -0.15) is 0 Å². The van der Waals surface area contributed by atoms with Gasteiger partial charge < -0.3 is 9.88 Å². The molecule has 0 bridgehead atoms. The van der Waals surface area contributed by atoms with Gasteiger partial charge in [-0.25, -0.2) is 13.4 Å². The molecule has 3 rings (SSSR count). The fourth-order valence-electron chi connectivity index (χ4n) is 2.83. The first kappa shape index (κ1) is 15.7. The van der Waals surface area contributed by atoms with E-state index in [0.29, 0.717) is 6.54 Å². The Labute approximate surface area is 135 Å². The number of rotatable bonds is 4. The molecule has 23 heavy (non-hydrogen) atoms. The highest BCUT2D eigenvalue weighted by atomic mass is 32.2. The SMILES string of the molecule is CCS(=O)(=O)c1ccccc1C(=O)N[C@H]1CCc2nccn2C1. The maximum absolute atomic E-state index is 12.5. The van der Waals surface area contributed by atoms with Gasteiger partial charge in [0.15, 0.2) is 9.84 Å². The van der Waals surface area contributed by atoms with Gasteiger partial charge in [0, 0.05) is 31.4 Å². The predicted octanol–water partition coefficient (Wildman–Crippen LogP) is 1.42. The molecule has 0 saturated carbocycles. The largest absolute Gasteiger partial charge is 0.347 e. The molecule has 1 aliphatic rings. The number of carbonyl (C=O) groups is 1. The summed E-state index contributed by atoms with van der Waals surface area (Å²) < 4.78 is 26.3. The molecule has 6 nitrogen and oxygen atoms in total. The van der Waals surface area contributed by atoms with Gasteiger partial charge in [0.25, 0.3) is 5.91 Å². The number of carbonyl (C=O) groups excluding carboxylic acids is 1. The summed E-state index contributed by atoms with van der Waals surface area (Å²) in [4.78, 5) is 16.9. The van der Waals surface area contributed by atoms with Crippen molar-refractivity contribution in [3.63, 3.8) is 0 Å². The number of fused-ring (bicyclic) bond motifs is 1. The number of imidazole rings is 1. The number of benzene rings is 1. The number of aromatic nitrogens is 2. The normalized spacial score (nSPS) is 17.5. The number of hydrogen-bond acceptors (Lipinski definition) is 4. The lowest BCUT2D eigenvalue weighted by Crippen LogP contribution is -2.41. The van der Waals surface area contributed by atoms with Crippen LogP contribution in [0.15, 0.2) is 41.6 Å². The number of aryl methyl sites for hydroxylation is 1. The molecular weight excluding hydrogens is 314 g/mol. The smallest absolute Gasteiger partial charge is 0.252 e. The fourth-order valence-corrected chi connectivity index (χ4v) is 3.92. The zero-order valence-electron chi connectivity index (χ0n) is 12.9. The minimum Gasteiger partial charge on any atom is -0.347 e. The Morgan fingerprint density at radius 2 is 2.17 bits per heavy atom. The van der Waals surface area contributed by atoms with Gasteiger partial charge in [-0.15, -0.1) is 0 Å². The second kappa shape index (κ2) is 6.16. The molecule has 1 aromatic carbocycles. The van der Waals surface area contributed by atoms with Crippen LogP contribution in [0.25, 0.3) is 0 Å². The Morgan fingerprint density at radius 3 is 2.96 bits per heavy atom. The third kappa shape index (κ3) is 3.14. The summed E-state index contributed by atoms with van der Waals surface area (Å²) in [5, 5.41) is 2.95. The van der Waals surface area contributed by atoms with Crippen LogP contribution >= 0.6 is 0 Å². The van der Waals surface area contributed by atoms with Crippen LogP contribution in [-0.4, -0.2) is 35.7 Å². The van der Waals surface area contributed by atoms with Gasteiger partial charge in [0.05, 0.1) is 16.2 Å². The third-order valence-corrected chi connectivity index (χ3v) is 5.90. The molecule has 2 aromatic rings. The molecule has 2 heterocycles. The summed E-state index contributed by atoms with van der Waals surface area (Å²) in [5.74, 6) is 0.648. The first-order chi connectivity index (χ1) is 11.0. The van der Waals surface area contributed by atoms with Gasteiger partial charge in [-0.1, -0.05) is 19.1 Å². The van der Waals surface area contributed by atoms with Crippen LogP contribution in [0, 0.1) is 0 Å². The molecule has 7 heteroatoms. The van der Waals surface area contributed by atoms with E-state index in [2.05, 4.69) is 10.3 Å². The predicted molar refractivity (Wildman–Crippen MR) is 86.0 cm³/mol. The Balaban J connectivity index is 1.80. The highest BCUT2D eigenvalue weighted by Gasteiger charge is 2.24. The van der Waals surface area contributed by atoms with Gasteiger partial charge >= 0.3 is 0 Å². The molecule has 0 radical (unpaired) electrons. The van der Waals surface area contributed by atoms with Crippen LogP contribution in [0.2, 0.25) is 0 Å². The second-order valence-electron chi connectivity index (χ2n) is 5.60. The molecule has 0 fully saturated rings. The van der Waals surface area contributed by atoms with E-state index in [4.69, 9.17) is 0 Å². The van der Waals surface area contributed by atoms with Crippen molar-refractivity contribution < 1.29 is 13.2 Å². The summed E-state index contributed by atoms with van der Waals surface area (Å²) in [5.41, 5.74) is 0.214. The fraction of sp³-hybridized carbons (Fsp3) is 0.375. The van der Waals surface area contributed by atoms with Crippen molar-refractivity contribution in [1.29, 1.82) is 0 Å². The van der Waals surface area contributed by atoms with E-state index in [1.54, 1.807) is 31.3 Å². The summed E-state index contributed by atoms with van der Waals surface area (Å²) in [7, 11) is -3.43. The van der Waals surface area contributed by atoms with E-state index in [9.17, 15) is 13.2 Å². The number of nitrogens with one attached hydrogen (secondary N) is 1. The first-order valence-corrected chi connectivity index (χ1v) is 9.29. The quantitative estimate of drug-likeness (QED) is 0.917. The average molecular weight is 333 g/mol. The number of sulfone groups is 1. The number of nitrogens with zero attached hydrogens (tertiary/aromatic N) is 2. The van der Waals surface area contributed by atoms with Crippen molar-refractivity contribution in [3.05, 3.63) is 48.0 Å². The Bertz CT molecular complexity index is 827. The van der Waals surface area contributed by atoms with Crippen LogP contribution in [0.3, 0.4) is 0 Å². The lowest BCUT2D eigenvalue weighted by Gasteiger charge is -2.25. The van der Waals surface area contributed by atoms with Gasteiger partial charge in [-0.3, -0.25) is 4.79 Å². The molecule has 122 valence electrons. The molecule has 0 aliphatic carbocycles. The van der Waals surface area contributed by atoms with Gasteiger partial charge in [-0.05, 0) is 18.6 Å². The van der Waals surface area contributed by atoms with Crippen LogP contribution in [0.5, 0.6) is 0 Å².